The molecule has 2 aromatic carbocycles. The maximum absolute atomic E-state index is 13.9. The van der Waals surface area contributed by atoms with E-state index in [4.69, 9.17) is 9.97 Å². The number of piperidine rings is 3. The number of benzene rings is 2. The third kappa shape index (κ3) is 5.96. The zero-order valence-electron chi connectivity index (χ0n) is 26.3. The molecular formula is C36H43N7O3. The zero-order valence-corrected chi connectivity index (χ0v) is 26.3. The summed E-state index contributed by atoms with van der Waals surface area (Å²) in [5, 5.41) is 14.9. The number of rotatable bonds is 6. The summed E-state index contributed by atoms with van der Waals surface area (Å²) in [6, 6.07) is 20.0. The molecule has 0 bridgehead atoms. The SMILES string of the molecule is O=C(c1ccccc1)N1CCC(Nc2cc(C(=O)N3CC[C@@H](N4CCc5ccccc5C4)[C@H](O)C3)nc(N3CC4CC4C3)n2)CC1. The van der Waals surface area contributed by atoms with Crippen molar-refractivity contribution in [3.05, 3.63) is 83.0 Å². The van der Waals surface area contributed by atoms with Crippen LogP contribution in [-0.2, 0) is 13.0 Å². The van der Waals surface area contributed by atoms with E-state index in [1.165, 1.54) is 17.5 Å². The van der Waals surface area contributed by atoms with Crippen LogP contribution < -0.4 is 10.2 Å². The van der Waals surface area contributed by atoms with Gasteiger partial charge in [0.15, 0.2) is 0 Å². The second-order valence-electron chi connectivity index (χ2n) is 13.8. The highest BCUT2D eigenvalue weighted by Gasteiger charge is 2.46. The standard InChI is InChI=1S/C36H43N7O3/c44-32-23-42(17-13-31(32)41-14-10-24-6-4-5-9-26(24)20-41)35(46)30-19-33(39-36(38-30)43-21-27-18-28(27)22-43)37-29-11-15-40(16-12-29)34(45)25-7-2-1-3-8-25/h1-9,19,27-29,31-32,44H,10-18,20-23H2,(H,37,38,39)/t27?,28?,31-,32-/m1/s1. The third-order valence-electron chi connectivity index (χ3n) is 10.8. The average molecular weight is 622 g/mol. The summed E-state index contributed by atoms with van der Waals surface area (Å²) in [6.07, 6.45) is 3.98. The lowest BCUT2D eigenvalue weighted by Crippen LogP contribution is -2.56. The summed E-state index contributed by atoms with van der Waals surface area (Å²) in [5.74, 6) is 2.60. The minimum atomic E-state index is -0.614. The van der Waals surface area contributed by atoms with Crippen LogP contribution in [0.3, 0.4) is 0 Å². The number of fused-ring (bicyclic) bond motifs is 2. The maximum atomic E-state index is 13.9. The fraction of sp³-hybridized carbons (Fsp3) is 0.500. The van der Waals surface area contributed by atoms with Crippen LogP contribution in [0.25, 0.3) is 0 Å². The van der Waals surface area contributed by atoms with Crippen LogP contribution in [0.15, 0.2) is 60.7 Å². The van der Waals surface area contributed by atoms with Crippen molar-refractivity contribution in [2.24, 2.45) is 11.8 Å². The number of β-amino-alcohol motifs (C(OH)–C–C–N with tert-alkyl or cyclic N) is 1. The molecule has 5 aliphatic rings. The molecule has 3 saturated heterocycles. The van der Waals surface area contributed by atoms with Gasteiger partial charge in [-0.3, -0.25) is 14.5 Å². The number of carbonyl (C=O) groups is 2. The van der Waals surface area contributed by atoms with Crippen LogP contribution in [0.2, 0.25) is 0 Å². The van der Waals surface area contributed by atoms with Crippen molar-refractivity contribution in [2.45, 2.75) is 56.8 Å². The van der Waals surface area contributed by atoms with E-state index in [0.717, 1.165) is 57.4 Å². The molecule has 5 heterocycles. The quantitative estimate of drug-likeness (QED) is 0.432. The van der Waals surface area contributed by atoms with Crippen molar-refractivity contribution < 1.29 is 14.7 Å². The fourth-order valence-electron chi connectivity index (χ4n) is 8.01. The van der Waals surface area contributed by atoms with Crippen molar-refractivity contribution in [3.8, 4) is 0 Å². The molecule has 10 heteroatoms. The first-order valence-electron chi connectivity index (χ1n) is 17.0. The first-order chi connectivity index (χ1) is 22.5. The van der Waals surface area contributed by atoms with Gasteiger partial charge < -0.3 is 25.1 Å². The summed E-state index contributed by atoms with van der Waals surface area (Å²) in [7, 11) is 0. The Morgan fingerprint density at radius 2 is 1.50 bits per heavy atom. The first-order valence-corrected chi connectivity index (χ1v) is 17.0. The van der Waals surface area contributed by atoms with Gasteiger partial charge in [0.1, 0.15) is 11.5 Å². The highest BCUT2D eigenvalue weighted by Crippen LogP contribution is 2.45. The fourth-order valence-corrected chi connectivity index (χ4v) is 8.01. The Labute approximate surface area is 270 Å². The maximum Gasteiger partial charge on any atom is 0.272 e. The van der Waals surface area contributed by atoms with Gasteiger partial charge in [-0.05, 0) is 67.2 Å². The topological polar surface area (TPSA) is 105 Å². The molecule has 10 nitrogen and oxygen atoms in total. The number of carbonyl (C=O) groups excluding carboxylic acids is 2. The van der Waals surface area contributed by atoms with Crippen molar-refractivity contribution in [3.63, 3.8) is 0 Å². The predicted octanol–water partition coefficient (Wildman–Crippen LogP) is 3.28. The summed E-state index contributed by atoms with van der Waals surface area (Å²) >= 11 is 0. The molecule has 1 aromatic heterocycles. The Balaban J connectivity index is 0.941. The van der Waals surface area contributed by atoms with Gasteiger partial charge in [-0.1, -0.05) is 42.5 Å². The molecule has 1 saturated carbocycles. The van der Waals surface area contributed by atoms with Gasteiger partial charge in [0.2, 0.25) is 5.95 Å². The summed E-state index contributed by atoms with van der Waals surface area (Å²) in [5.41, 5.74) is 3.83. The van der Waals surface area contributed by atoms with Gasteiger partial charge in [-0.15, -0.1) is 0 Å². The van der Waals surface area contributed by atoms with Crippen LogP contribution in [0.5, 0.6) is 0 Å². The second kappa shape index (κ2) is 12.3. The predicted molar refractivity (Wildman–Crippen MR) is 176 cm³/mol. The molecule has 8 rings (SSSR count). The zero-order chi connectivity index (χ0) is 31.2. The van der Waals surface area contributed by atoms with E-state index in [2.05, 4.69) is 39.4 Å². The highest BCUT2D eigenvalue weighted by atomic mass is 16.3. The van der Waals surface area contributed by atoms with Gasteiger partial charge in [0, 0.05) is 76.1 Å². The van der Waals surface area contributed by atoms with Crippen molar-refractivity contribution >= 4 is 23.6 Å². The number of aromatic nitrogens is 2. The largest absolute Gasteiger partial charge is 0.390 e. The van der Waals surface area contributed by atoms with Gasteiger partial charge in [-0.2, -0.15) is 4.98 Å². The first kappa shape index (κ1) is 29.4. The molecule has 46 heavy (non-hydrogen) atoms. The number of nitrogens with zero attached hydrogens (tertiary/aromatic N) is 6. The van der Waals surface area contributed by atoms with E-state index in [1.54, 1.807) is 11.0 Å². The van der Waals surface area contributed by atoms with E-state index in [0.29, 0.717) is 55.5 Å². The number of anilines is 2. The summed E-state index contributed by atoms with van der Waals surface area (Å²) in [4.78, 5) is 44.9. The Kier molecular flexibility index (Phi) is 7.86. The second-order valence-corrected chi connectivity index (χ2v) is 13.8. The number of hydrogen-bond acceptors (Lipinski definition) is 8. The van der Waals surface area contributed by atoms with Gasteiger partial charge in [0.25, 0.3) is 11.8 Å². The lowest BCUT2D eigenvalue weighted by Gasteiger charge is -2.43. The van der Waals surface area contributed by atoms with Crippen molar-refractivity contribution in [1.82, 2.24) is 24.7 Å². The van der Waals surface area contributed by atoms with E-state index in [9.17, 15) is 14.7 Å². The molecule has 0 radical (unpaired) electrons. The minimum Gasteiger partial charge on any atom is -0.390 e. The molecule has 240 valence electrons. The molecule has 1 aliphatic carbocycles. The monoisotopic (exact) mass is 621 g/mol. The number of nitrogens with one attached hydrogen (secondary N) is 1. The third-order valence-corrected chi connectivity index (χ3v) is 10.8. The van der Waals surface area contributed by atoms with Crippen molar-refractivity contribution in [1.29, 1.82) is 0 Å². The molecule has 3 aromatic rings. The molecule has 4 atom stereocenters. The Morgan fingerprint density at radius 3 is 2.26 bits per heavy atom. The van der Waals surface area contributed by atoms with E-state index >= 15 is 0 Å². The van der Waals surface area contributed by atoms with Crippen LogP contribution in [-0.4, -0.2) is 106 Å². The Morgan fingerprint density at radius 1 is 0.783 bits per heavy atom. The molecular weight excluding hydrogens is 578 g/mol. The van der Waals surface area contributed by atoms with E-state index in [-0.39, 0.29) is 23.9 Å². The van der Waals surface area contributed by atoms with E-state index in [1.807, 2.05) is 35.2 Å². The molecule has 2 N–H and O–H groups in total. The van der Waals surface area contributed by atoms with Gasteiger partial charge >= 0.3 is 0 Å². The lowest BCUT2D eigenvalue weighted by molar-refractivity contribution is -0.0139. The van der Waals surface area contributed by atoms with Gasteiger partial charge in [0.05, 0.1) is 6.10 Å². The normalized spacial score (nSPS) is 26.4. The minimum absolute atomic E-state index is 0.0339. The molecule has 2 amide bonds. The molecule has 2 unspecified atom stereocenters. The lowest BCUT2D eigenvalue weighted by atomic mass is 9.94. The number of aliphatic hydroxyl groups excluding tert-OH is 1. The van der Waals surface area contributed by atoms with E-state index < -0.39 is 6.10 Å². The summed E-state index contributed by atoms with van der Waals surface area (Å²) < 4.78 is 0. The Hall–Kier alpha value is -4.02. The molecule has 4 fully saturated rings. The molecule has 4 aliphatic heterocycles. The summed E-state index contributed by atoms with van der Waals surface area (Å²) in [6.45, 7) is 5.85. The highest BCUT2D eigenvalue weighted by molar-refractivity contribution is 5.94. The van der Waals surface area contributed by atoms with Crippen molar-refractivity contribution in [2.75, 3.05) is 56.0 Å². The molecule has 0 spiro atoms. The van der Waals surface area contributed by atoms with Gasteiger partial charge in [-0.25, -0.2) is 4.98 Å². The van der Waals surface area contributed by atoms with Crippen LogP contribution >= 0.6 is 0 Å². The Bertz CT molecular complexity index is 1580. The number of hydrogen-bond donors (Lipinski definition) is 2. The van der Waals surface area contributed by atoms with Crippen LogP contribution in [0, 0.1) is 11.8 Å². The smallest absolute Gasteiger partial charge is 0.272 e. The number of aliphatic hydroxyl groups is 1. The number of likely N-dealkylation sites (tertiary alicyclic amines) is 2. The number of amides is 2. The average Bonchev–Trinajstić information content (AvgIpc) is 3.71. The van der Waals surface area contributed by atoms with Crippen LogP contribution in [0.4, 0.5) is 11.8 Å². The van der Waals surface area contributed by atoms with Crippen LogP contribution in [0.1, 0.15) is 57.7 Å².